The van der Waals surface area contributed by atoms with Crippen molar-refractivity contribution >= 4 is 28.3 Å². The lowest BCUT2D eigenvalue weighted by Gasteiger charge is -2.35. The summed E-state index contributed by atoms with van der Waals surface area (Å²) < 4.78 is 66.4. The molecule has 1 aliphatic rings. The molecule has 4 N–H and O–H groups in total. The summed E-state index contributed by atoms with van der Waals surface area (Å²) in [5.41, 5.74) is 0. The first-order chi connectivity index (χ1) is 11.1. The molecule has 0 saturated carbocycles. The van der Waals surface area contributed by atoms with Crippen LogP contribution in [0.25, 0.3) is 0 Å². The number of amides is 1. The zero-order valence-electron chi connectivity index (χ0n) is 12.9. The SMILES string of the molecule is Cl.NS(=O)(=O)c1ccc(C(=O)NCC(N2CCNCC2)C(F)(F)F)o1. The topological polar surface area (TPSA) is 118 Å². The maximum atomic E-state index is 13.2. The van der Waals surface area contributed by atoms with Gasteiger partial charge in [-0.05, 0) is 12.1 Å². The molecule has 1 fully saturated rings. The highest BCUT2D eigenvalue weighted by molar-refractivity contribution is 7.89. The molecule has 0 radical (unpaired) electrons. The first-order valence-corrected chi connectivity index (χ1v) is 8.56. The van der Waals surface area contributed by atoms with Crippen molar-refractivity contribution in [1.29, 1.82) is 0 Å². The second-order valence-corrected chi connectivity index (χ2v) is 6.71. The van der Waals surface area contributed by atoms with Crippen LogP contribution in [0.15, 0.2) is 21.6 Å². The van der Waals surface area contributed by atoms with Crippen molar-refractivity contribution in [2.24, 2.45) is 5.14 Å². The number of primary sulfonamides is 1. The summed E-state index contributed by atoms with van der Waals surface area (Å²) in [7, 11) is -4.13. The highest BCUT2D eigenvalue weighted by Gasteiger charge is 2.43. The molecule has 8 nitrogen and oxygen atoms in total. The molecule has 0 bridgehead atoms. The van der Waals surface area contributed by atoms with Gasteiger partial charge in [0, 0.05) is 32.7 Å². The van der Waals surface area contributed by atoms with Gasteiger partial charge in [-0.1, -0.05) is 0 Å². The first kappa shape index (κ1) is 21.7. The third kappa shape index (κ3) is 5.85. The molecule has 1 saturated heterocycles. The fourth-order valence-corrected chi connectivity index (χ4v) is 2.78. The number of nitrogens with two attached hydrogens (primary N) is 1. The van der Waals surface area contributed by atoms with E-state index in [0.717, 1.165) is 12.1 Å². The lowest BCUT2D eigenvalue weighted by Crippen LogP contribution is -2.57. The minimum atomic E-state index is -4.51. The number of piperazine rings is 1. The van der Waals surface area contributed by atoms with Gasteiger partial charge in [0.2, 0.25) is 5.09 Å². The lowest BCUT2D eigenvalue weighted by molar-refractivity contribution is -0.183. The molecular weight excluding hydrogens is 389 g/mol. The van der Waals surface area contributed by atoms with E-state index in [9.17, 15) is 26.4 Å². The third-order valence-corrected chi connectivity index (χ3v) is 4.29. The van der Waals surface area contributed by atoms with E-state index in [2.05, 4.69) is 10.6 Å². The second kappa shape index (κ2) is 8.36. The zero-order valence-corrected chi connectivity index (χ0v) is 14.5. The number of carbonyl (C=O) groups excluding carboxylic acids is 1. The van der Waals surface area contributed by atoms with Gasteiger partial charge in [-0.25, -0.2) is 13.6 Å². The second-order valence-electron chi connectivity index (χ2n) is 5.22. The van der Waals surface area contributed by atoms with Crippen LogP contribution >= 0.6 is 12.4 Å². The molecule has 1 aromatic rings. The van der Waals surface area contributed by atoms with Gasteiger partial charge >= 0.3 is 6.18 Å². The van der Waals surface area contributed by atoms with Gasteiger partial charge in [0.15, 0.2) is 5.76 Å². The molecule has 1 aromatic heterocycles. The van der Waals surface area contributed by atoms with E-state index in [-0.39, 0.29) is 25.5 Å². The number of hydrogen-bond acceptors (Lipinski definition) is 6. The maximum absolute atomic E-state index is 13.2. The van der Waals surface area contributed by atoms with Gasteiger partial charge < -0.3 is 15.1 Å². The van der Waals surface area contributed by atoms with Gasteiger partial charge in [-0.15, -0.1) is 12.4 Å². The molecule has 0 spiro atoms. The third-order valence-electron chi connectivity index (χ3n) is 3.51. The summed E-state index contributed by atoms with van der Waals surface area (Å²) in [6, 6.07) is 0.154. The lowest BCUT2D eigenvalue weighted by atomic mass is 10.2. The molecule has 2 rings (SSSR count). The number of rotatable bonds is 5. The van der Waals surface area contributed by atoms with Crippen LogP contribution in [0.2, 0.25) is 0 Å². The number of halogens is 4. The Bertz CT molecular complexity index is 689. The average molecular weight is 407 g/mol. The normalized spacial score (nSPS) is 17.6. The molecule has 0 aromatic carbocycles. The monoisotopic (exact) mass is 406 g/mol. The molecule has 25 heavy (non-hydrogen) atoms. The number of alkyl halides is 3. The summed E-state index contributed by atoms with van der Waals surface area (Å²) in [6.45, 7) is 0.591. The summed E-state index contributed by atoms with van der Waals surface area (Å²) in [5.74, 6) is -1.38. The molecule has 1 unspecified atom stereocenters. The molecule has 2 heterocycles. The number of furan rings is 1. The number of hydrogen-bond donors (Lipinski definition) is 3. The van der Waals surface area contributed by atoms with Crippen molar-refractivity contribution in [3.63, 3.8) is 0 Å². The van der Waals surface area contributed by atoms with Gasteiger partial charge in [0.25, 0.3) is 15.9 Å². The zero-order chi connectivity index (χ0) is 18.0. The number of sulfonamides is 1. The fraction of sp³-hybridized carbons (Fsp3) is 0.583. The van der Waals surface area contributed by atoms with E-state index in [1.807, 2.05) is 0 Å². The van der Waals surface area contributed by atoms with Crippen LogP contribution in [-0.2, 0) is 10.0 Å². The Balaban J connectivity index is 0.00000312. The predicted octanol–water partition coefficient (Wildman–Crippen LogP) is -0.0853. The van der Waals surface area contributed by atoms with Gasteiger partial charge in [0.1, 0.15) is 6.04 Å². The average Bonchev–Trinajstić information content (AvgIpc) is 2.97. The Kier molecular flexibility index (Phi) is 7.26. The maximum Gasteiger partial charge on any atom is 0.405 e. The van der Waals surface area contributed by atoms with E-state index in [1.165, 1.54) is 4.90 Å². The summed E-state index contributed by atoms with van der Waals surface area (Å²) in [5, 5.41) is 9.26. The van der Waals surface area contributed by atoms with E-state index in [0.29, 0.717) is 13.1 Å². The highest BCUT2D eigenvalue weighted by Crippen LogP contribution is 2.25. The van der Waals surface area contributed by atoms with E-state index in [1.54, 1.807) is 0 Å². The molecule has 1 atom stereocenters. The summed E-state index contributed by atoms with van der Waals surface area (Å²) >= 11 is 0. The smallest absolute Gasteiger partial charge is 0.405 e. The standard InChI is InChI=1S/C12H17F3N4O4S.ClH/c13-12(14,15)9(19-5-3-17-4-6-19)7-18-11(20)8-1-2-10(23-8)24(16,21)22;/h1-2,9,17H,3-7H2,(H,18,20)(H2,16,21,22);1H. The van der Waals surface area contributed by atoms with E-state index >= 15 is 0 Å². The summed E-state index contributed by atoms with van der Waals surface area (Å²) in [6.07, 6.45) is -4.51. The Hall–Kier alpha value is -1.34. The van der Waals surface area contributed by atoms with Crippen LogP contribution in [0.1, 0.15) is 10.6 Å². The van der Waals surface area contributed by atoms with Crippen molar-refractivity contribution in [3.8, 4) is 0 Å². The molecule has 13 heteroatoms. The molecule has 0 aliphatic carbocycles. The van der Waals surface area contributed by atoms with E-state index < -0.39 is 45.5 Å². The molecule has 144 valence electrons. The van der Waals surface area contributed by atoms with Crippen LogP contribution in [-0.4, -0.2) is 64.2 Å². The fourth-order valence-electron chi connectivity index (χ4n) is 2.32. The van der Waals surface area contributed by atoms with Gasteiger partial charge in [0.05, 0.1) is 0 Å². The highest BCUT2D eigenvalue weighted by atomic mass is 35.5. The van der Waals surface area contributed by atoms with Gasteiger partial charge in [-0.3, -0.25) is 9.69 Å². The van der Waals surface area contributed by atoms with Crippen LogP contribution in [0, 0.1) is 0 Å². The Morgan fingerprint density at radius 2 is 1.96 bits per heavy atom. The minimum Gasteiger partial charge on any atom is -0.438 e. The van der Waals surface area contributed by atoms with Gasteiger partial charge in [-0.2, -0.15) is 13.2 Å². The molecule has 1 amide bonds. The Morgan fingerprint density at radius 3 is 2.44 bits per heavy atom. The van der Waals surface area contributed by atoms with Crippen molar-refractivity contribution in [2.45, 2.75) is 17.3 Å². The molecular formula is C12H18ClF3N4O4S. The minimum absolute atomic E-state index is 0. The van der Waals surface area contributed by atoms with Crippen LogP contribution in [0.3, 0.4) is 0 Å². The predicted molar refractivity (Wildman–Crippen MR) is 83.9 cm³/mol. The quantitative estimate of drug-likeness (QED) is 0.629. The van der Waals surface area contributed by atoms with Crippen molar-refractivity contribution in [3.05, 3.63) is 17.9 Å². The Labute approximate surface area is 148 Å². The number of nitrogens with one attached hydrogen (secondary N) is 2. The largest absolute Gasteiger partial charge is 0.438 e. The first-order valence-electron chi connectivity index (χ1n) is 7.01. The van der Waals surface area contributed by atoms with Crippen LogP contribution < -0.4 is 15.8 Å². The molecule has 1 aliphatic heterocycles. The van der Waals surface area contributed by atoms with Crippen molar-refractivity contribution in [2.75, 3.05) is 32.7 Å². The van der Waals surface area contributed by atoms with Crippen molar-refractivity contribution < 1.29 is 30.8 Å². The number of nitrogens with zero attached hydrogens (tertiary/aromatic N) is 1. The summed E-state index contributed by atoms with van der Waals surface area (Å²) in [4.78, 5) is 13.1. The van der Waals surface area contributed by atoms with Crippen LogP contribution in [0.4, 0.5) is 13.2 Å². The Morgan fingerprint density at radius 1 is 1.36 bits per heavy atom. The van der Waals surface area contributed by atoms with Crippen LogP contribution in [0.5, 0.6) is 0 Å². The van der Waals surface area contributed by atoms with Crippen molar-refractivity contribution in [1.82, 2.24) is 15.5 Å². The van der Waals surface area contributed by atoms with E-state index in [4.69, 9.17) is 9.56 Å². The number of carbonyl (C=O) groups is 1.